The molecule has 1 aliphatic rings. The van der Waals surface area contributed by atoms with Crippen LogP contribution >= 0.6 is 12.4 Å². The van der Waals surface area contributed by atoms with Gasteiger partial charge < -0.3 is 5.32 Å². The molecule has 0 fully saturated rings. The summed E-state index contributed by atoms with van der Waals surface area (Å²) in [5.41, 5.74) is 2.53. The maximum atomic E-state index is 4.53. The highest BCUT2D eigenvalue weighted by Crippen LogP contribution is 2.34. The second-order valence-corrected chi connectivity index (χ2v) is 4.19. The summed E-state index contributed by atoms with van der Waals surface area (Å²) >= 11 is 0. The molecule has 2 aromatic rings. The van der Waals surface area contributed by atoms with Crippen molar-refractivity contribution in [2.45, 2.75) is 12.1 Å². The van der Waals surface area contributed by atoms with E-state index in [0.29, 0.717) is 0 Å². The highest BCUT2D eigenvalue weighted by atomic mass is 35.5. The van der Waals surface area contributed by atoms with Crippen LogP contribution in [0.25, 0.3) is 0 Å². The largest absolute Gasteiger partial charge is 0.367 e. The summed E-state index contributed by atoms with van der Waals surface area (Å²) in [4.78, 5) is 4.53. The van der Waals surface area contributed by atoms with Crippen LogP contribution in [0.15, 0.2) is 65.7 Å². The average molecular weight is 259 g/mol. The van der Waals surface area contributed by atoms with Gasteiger partial charge in [0.15, 0.2) is 0 Å². The lowest BCUT2D eigenvalue weighted by atomic mass is 9.95. The molecule has 0 radical (unpaired) electrons. The molecule has 2 aromatic carbocycles. The van der Waals surface area contributed by atoms with Crippen molar-refractivity contribution in [2.24, 2.45) is 4.99 Å². The summed E-state index contributed by atoms with van der Waals surface area (Å²) in [5, 5.41) is 3.33. The number of benzene rings is 2. The molecule has 3 rings (SSSR count). The minimum Gasteiger partial charge on any atom is -0.367 e. The number of aliphatic imine (C=N–C) groups is 1. The molecule has 2 atom stereocenters. The van der Waals surface area contributed by atoms with Gasteiger partial charge >= 0.3 is 0 Å². The Morgan fingerprint density at radius 1 is 0.778 bits per heavy atom. The molecule has 0 amide bonds. The molecule has 0 saturated carbocycles. The van der Waals surface area contributed by atoms with Gasteiger partial charge in [0.05, 0.1) is 12.4 Å². The first-order valence-electron chi connectivity index (χ1n) is 5.83. The number of rotatable bonds is 2. The van der Waals surface area contributed by atoms with E-state index in [1.165, 1.54) is 11.1 Å². The Bertz CT molecular complexity index is 511. The van der Waals surface area contributed by atoms with Gasteiger partial charge in [0.25, 0.3) is 0 Å². The zero-order valence-electron chi connectivity index (χ0n) is 9.86. The lowest BCUT2D eigenvalue weighted by Crippen LogP contribution is -2.18. The van der Waals surface area contributed by atoms with Crippen LogP contribution in [0, 0.1) is 0 Å². The van der Waals surface area contributed by atoms with Crippen LogP contribution in [0.3, 0.4) is 0 Å². The average Bonchev–Trinajstić information content (AvgIpc) is 2.90. The van der Waals surface area contributed by atoms with Crippen molar-refractivity contribution in [1.82, 2.24) is 5.32 Å². The smallest absolute Gasteiger partial charge is 0.101 e. The molecule has 0 spiro atoms. The van der Waals surface area contributed by atoms with Crippen LogP contribution in [-0.4, -0.2) is 6.34 Å². The molecule has 3 heteroatoms. The highest BCUT2D eigenvalue weighted by Gasteiger charge is 2.26. The summed E-state index contributed by atoms with van der Waals surface area (Å²) in [6.07, 6.45) is 1.81. The fourth-order valence-corrected chi connectivity index (χ4v) is 2.25. The number of hydrogen-bond donors (Lipinski definition) is 1. The Balaban J connectivity index is 0.00000120. The van der Waals surface area contributed by atoms with Gasteiger partial charge in [-0.1, -0.05) is 60.7 Å². The van der Waals surface area contributed by atoms with E-state index < -0.39 is 0 Å². The molecular weight excluding hydrogens is 244 g/mol. The first-order valence-corrected chi connectivity index (χ1v) is 5.83. The summed E-state index contributed by atoms with van der Waals surface area (Å²) in [7, 11) is 0. The number of nitrogens with one attached hydrogen (secondary N) is 1. The molecule has 0 saturated heterocycles. The number of nitrogens with zero attached hydrogens (tertiary/aromatic N) is 1. The quantitative estimate of drug-likeness (QED) is 0.876. The van der Waals surface area contributed by atoms with E-state index >= 15 is 0 Å². The molecule has 1 heterocycles. The third-order valence-electron chi connectivity index (χ3n) is 3.10. The summed E-state index contributed by atoms with van der Waals surface area (Å²) in [6.45, 7) is 0. The molecule has 0 aliphatic carbocycles. The van der Waals surface area contributed by atoms with Crippen LogP contribution in [0.1, 0.15) is 23.2 Å². The van der Waals surface area contributed by atoms with Gasteiger partial charge in [-0.05, 0) is 11.1 Å². The van der Waals surface area contributed by atoms with Crippen molar-refractivity contribution in [1.29, 1.82) is 0 Å². The van der Waals surface area contributed by atoms with Crippen LogP contribution in [0.5, 0.6) is 0 Å². The minimum atomic E-state index is 0. The van der Waals surface area contributed by atoms with Gasteiger partial charge in [-0.25, -0.2) is 0 Å². The molecule has 1 aliphatic heterocycles. The van der Waals surface area contributed by atoms with Crippen LogP contribution in [0.4, 0.5) is 0 Å². The molecule has 2 nitrogen and oxygen atoms in total. The third-order valence-corrected chi connectivity index (χ3v) is 3.10. The van der Waals surface area contributed by atoms with Crippen molar-refractivity contribution in [3.8, 4) is 0 Å². The van der Waals surface area contributed by atoms with Gasteiger partial charge in [0.1, 0.15) is 6.04 Å². The molecule has 0 aromatic heterocycles. The first kappa shape index (κ1) is 12.7. The molecule has 1 N–H and O–H groups in total. The van der Waals surface area contributed by atoms with E-state index in [2.05, 4.69) is 58.8 Å². The first-order chi connectivity index (χ1) is 8.45. The lowest BCUT2D eigenvalue weighted by Gasteiger charge is -2.19. The van der Waals surface area contributed by atoms with Crippen molar-refractivity contribution in [3.63, 3.8) is 0 Å². The third kappa shape index (κ3) is 2.39. The Kier molecular flexibility index (Phi) is 4.00. The Labute approximate surface area is 113 Å². The molecule has 18 heavy (non-hydrogen) atoms. The predicted octanol–water partition coefficient (Wildman–Crippen LogP) is 3.52. The Hall–Kier alpha value is -1.80. The van der Waals surface area contributed by atoms with E-state index in [1.807, 2.05) is 18.5 Å². The van der Waals surface area contributed by atoms with Crippen molar-refractivity contribution >= 4 is 18.7 Å². The minimum absolute atomic E-state index is 0. The lowest BCUT2D eigenvalue weighted by molar-refractivity contribution is 0.573. The van der Waals surface area contributed by atoms with Crippen molar-refractivity contribution < 1.29 is 0 Å². The summed E-state index contributed by atoms with van der Waals surface area (Å²) in [6, 6.07) is 21.3. The van der Waals surface area contributed by atoms with E-state index in [-0.39, 0.29) is 24.5 Å². The SMILES string of the molecule is C1=NC(c2ccccc2)C(c2ccccc2)N1.Cl. The Morgan fingerprint density at radius 3 is 1.94 bits per heavy atom. The Morgan fingerprint density at radius 2 is 1.33 bits per heavy atom. The summed E-state index contributed by atoms with van der Waals surface area (Å²) in [5.74, 6) is 0. The maximum Gasteiger partial charge on any atom is 0.101 e. The number of halogens is 1. The monoisotopic (exact) mass is 258 g/mol. The molecular formula is C15H15ClN2. The topological polar surface area (TPSA) is 24.4 Å². The predicted molar refractivity (Wildman–Crippen MR) is 77.2 cm³/mol. The second-order valence-electron chi connectivity index (χ2n) is 4.19. The van der Waals surface area contributed by atoms with Gasteiger partial charge in [0, 0.05) is 0 Å². The molecule has 0 bridgehead atoms. The van der Waals surface area contributed by atoms with E-state index in [0.717, 1.165) is 0 Å². The van der Waals surface area contributed by atoms with Crippen molar-refractivity contribution in [2.75, 3.05) is 0 Å². The zero-order chi connectivity index (χ0) is 11.5. The fraction of sp³-hybridized carbons (Fsp3) is 0.133. The normalized spacial score (nSPS) is 21.1. The van der Waals surface area contributed by atoms with Crippen LogP contribution in [0.2, 0.25) is 0 Å². The maximum absolute atomic E-state index is 4.53. The standard InChI is InChI=1S/C15H14N2.ClH/c1-3-7-12(8-4-1)14-15(17-11-16-14)13-9-5-2-6-10-13;/h1-11,14-15H,(H,16,17);1H. The van der Waals surface area contributed by atoms with E-state index in [4.69, 9.17) is 0 Å². The summed E-state index contributed by atoms with van der Waals surface area (Å²) < 4.78 is 0. The van der Waals surface area contributed by atoms with Gasteiger partial charge in [-0.3, -0.25) is 4.99 Å². The van der Waals surface area contributed by atoms with Crippen LogP contribution < -0.4 is 5.32 Å². The zero-order valence-corrected chi connectivity index (χ0v) is 10.7. The van der Waals surface area contributed by atoms with Gasteiger partial charge in [0.2, 0.25) is 0 Å². The number of hydrogen-bond acceptors (Lipinski definition) is 2. The molecule has 2 unspecified atom stereocenters. The van der Waals surface area contributed by atoms with Gasteiger partial charge in [-0.15, -0.1) is 12.4 Å². The fourth-order valence-electron chi connectivity index (χ4n) is 2.25. The van der Waals surface area contributed by atoms with Crippen LogP contribution in [-0.2, 0) is 0 Å². The highest BCUT2D eigenvalue weighted by molar-refractivity contribution is 5.85. The van der Waals surface area contributed by atoms with E-state index in [1.54, 1.807) is 0 Å². The van der Waals surface area contributed by atoms with Gasteiger partial charge in [-0.2, -0.15) is 0 Å². The van der Waals surface area contributed by atoms with E-state index in [9.17, 15) is 0 Å². The van der Waals surface area contributed by atoms with Crippen molar-refractivity contribution in [3.05, 3.63) is 71.8 Å². The molecule has 92 valence electrons. The second kappa shape index (κ2) is 5.69.